The summed E-state index contributed by atoms with van der Waals surface area (Å²) in [5.74, 6) is 1.28. The maximum absolute atomic E-state index is 5.89. The van der Waals surface area contributed by atoms with Crippen LogP contribution in [0, 0.1) is 0 Å². The monoisotopic (exact) mass is 296 g/mol. The Bertz CT molecular complexity index is 914. The Morgan fingerprint density at radius 1 is 1.05 bits per heavy atom. The number of pyridine rings is 2. The van der Waals surface area contributed by atoms with E-state index in [1.807, 2.05) is 28.8 Å². The van der Waals surface area contributed by atoms with Gasteiger partial charge < -0.3 is 4.42 Å². The van der Waals surface area contributed by atoms with Crippen LogP contribution in [-0.2, 0) is 0 Å². The minimum atomic E-state index is 0.319. The van der Waals surface area contributed by atoms with E-state index in [1.54, 1.807) is 30.7 Å². The number of aromatic nitrogens is 4. The van der Waals surface area contributed by atoms with Crippen molar-refractivity contribution >= 4 is 22.8 Å². The first kappa shape index (κ1) is 12.1. The maximum atomic E-state index is 5.89. The van der Waals surface area contributed by atoms with Crippen molar-refractivity contribution in [2.75, 3.05) is 0 Å². The summed E-state index contributed by atoms with van der Waals surface area (Å²) in [6.07, 6.45) is 5.19. The summed E-state index contributed by atoms with van der Waals surface area (Å²) >= 11 is 5.89. The molecule has 6 heteroatoms. The lowest BCUT2D eigenvalue weighted by atomic mass is 10.3. The van der Waals surface area contributed by atoms with Crippen molar-refractivity contribution in [2.24, 2.45) is 0 Å². The van der Waals surface area contributed by atoms with E-state index in [9.17, 15) is 0 Å². The summed E-state index contributed by atoms with van der Waals surface area (Å²) in [7, 11) is 0. The fraction of sp³-hybridized carbons (Fsp3) is 0. The van der Waals surface area contributed by atoms with E-state index in [0.29, 0.717) is 22.6 Å². The van der Waals surface area contributed by atoms with Gasteiger partial charge in [0.05, 0.1) is 0 Å². The molecule has 4 aromatic rings. The number of imidazole rings is 1. The van der Waals surface area contributed by atoms with Crippen molar-refractivity contribution in [3.63, 3.8) is 0 Å². The van der Waals surface area contributed by atoms with Crippen LogP contribution >= 0.6 is 11.6 Å². The molecule has 0 amide bonds. The van der Waals surface area contributed by atoms with E-state index < -0.39 is 0 Å². The molecule has 0 radical (unpaired) electrons. The zero-order valence-electron chi connectivity index (χ0n) is 10.8. The second-order valence-electron chi connectivity index (χ2n) is 4.44. The Morgan fingerprint density at radius 3 is 2.71 bits per heavy atom. The topological polar surface area (TPSA) is 56.7 Å². The van der Waals surface area contributed by atoms with Gasteiger partial charge in [-0.05, 0) is 41.9 Å². The third-order valence-corrected chi connectivity index (χ3v) is 3.32. The number of rotatable bonds is 2. The Kier molecular flexibility index (Phi) is 2.72. The number of fused-ring (bicyclic) bond motifs is 1. The van der Waals surface area contributed by atoms with Gasteiger partial charge in [0, 0.05) is 30.2 Å². The van der Waals surface area contributed by atoms with Gasteiger partial charge in [0.2, 0.25) is 5.88 Å². The minimum absolute atomic E-state index is 0.319. The van der Waals surface area contributed by atoms with Gasteiger partial charge in [0.1, 0.15) is 5.52 Å². The quantitative estimate of drug-likeness (QED) is 0.565. The van der Waals surface area contributed by atoms with Crippen LogP contribution in [0.25, 0.3) is 28.4 Å². The standard InChI is InChI=1S/C15H9ClN4O/c16-12-5-6-13(21-12)20-14(10-3-1-7-17-9-10)19-11-4-2-8-18-15(11)20/h1-9H. The summed E-state index contributed by atoms with van der Waals surface area (Å²) in [5.41, 5.74) is 2.37. The van der Waals surface area contributed by atoms with E-state index in [-0.39, 0.29) is 0 Å². The molecule has 102 valence electrons. The molecule has 0 aliphatic heterocycles. The van der Waals surface area contributed by atoms with E-state index in [1.165, 1.54) is 0 Å². The zero-order chi connectivity index (χ0) is 14.2. The molecule has 21 heavy (non-hydrogen) atoms. The van der Waals surface area contributed by atoms with Crippen LogP contribution in [0.2, 0.25) is 5.22 Å². The average molecular weight is 297 g/mol. The fourth-order valence-electron chi connectivity index (χ4n) is 2.23. The highest BCUT2D eigenvalue weighted by Gasteiger charge is 2.17. The molecule has 0 unspecified atom stereocenters. The largest absolute Gasteiger partial charge is 0.428 e. The number of hydrogen-bond donors (Lipinski definition) is 0. The average Bonchev–Trinajstić information content (AvgIpc) is 3.11. The Labute approximate surface area is 124 Å². The van der Waals surface area contributed by atoms with E-state index in [2.05, 4.69) is 15.0 Å². The van der Waals surface area contributed by atoms with Gasteiger partial charge in [0.15, 0.2) is 16.7 Å². The Hall–Kier alpha value is -2.66. The van der Waals surface area contributed by atoms with Crippen LogP contribution in [-0.4, -0.2) is 19.5 Å². The maximum Gasteiger partial charge on any atom is 0.208 e. The normalized spacial score (nSPS) is 11.1. The van der Waals surface area contributed by atoms with Crippen LogP contribution in [0.5, 0.6) is 0 Å². The Balaban J connectivity index is 2.06. The molecule has 0 atom stereocenters. The molecule has 0 aromatic carbocycles. The second-order valence-corrected chi connectivity index (χ2v) is 4.81. The third-order valence-electron chi connectivity index (χ3n) is 3.12. The molecular weight excluding hydrogens is 288 g/mol. The first-order chi connectivity index (χ1) is 10.3. The molecule has 0 aliphatic rings. The first-order valence-electron chi connectivity index (χ1n) is 6.32. The Morgan fingerprint density at radius 2 is 1.95 bits per heavy atom. The third kappa shape index (κ3) is 1.98. The fourth-order valence-corrected chi connectivity index (χ4v) is 2.38. The van der Waals surface area contributed by atoms with Crippen molar-refractivity contribution in [1.82, 2.24) is 19.5 Å². The van der Waals surface area contributed by atoms with Crippen molar-refractivity contribution in [2.45, 2.75) is 0 Å². The first-order valence-corrected chi connectivity index (χ1v) is 6.70. The molecule has 0 bridgehead atoms. The zero-order valence-corrected chi connectivity index (χ0v) is 11.5. The lowest BCUT2D eigenvalue weighted by molar-refractivity contribution is 0.544. The summed E-state index contributed by atoms with van der Waals surface area (Å²) in [6.45, 7) is 0. The van der Waals surface area contributed by atoms with Gasteiger partial charge in [0.25, 0.3) is 0 Å². The van der Waals surface area contributed by atoms with E-state index >= 15 is 0 Å². The lowest BCUT2D eigenvalue weighted by Gasteiger charge is -2.04. The lowest BCUT2D eigenvalue weighted by Crippen LogP contribution is -1.97. The van der Waals surface area contributed by atoms with Gasteiger partial charge in [-0.1, -0.05) is 0 Å². The molecule has 4 aromatic heterocycles. The number of nitrogens with zero attached hydrogens (tertiary/aromatic N) is 4. The molecule has 0 saturated carbocycles. The second kappa shape index (κ2) is 4.71. The molecule has 0 N–H and O–H groups in total. The highest BCUT2D eigenvalue weighted by molar-refractivity contribution is 6.28. The number of furan rings is 1. The SMILES string of the molecule is Clc1ccc(-n2c(-c3cccnc3)nc3cccnc32)o1. The molecular formula is C15H9ClN4O. The van der Waals surface area contributed by atoms with Crippen molar-refractivity contribution in [1.29, 1.82) is 0 Å². The van der Waals surface area contributed by atoms with Gasteiger partial charge >= 0.3 is 0 Å². The molecule has 0 spiro atoms. The smallest absolute Gasteiger partial charge is 0.208 e. The molecule has 0 fully saturated rings. The van der Waals surface area contributed by atoms with Crippen molar-refractivity contribution in [3.05, 3.63) is 60.2 Å². The van der Waals surface area contributed by atoms with E-state index in [0.717, 1.165) is 11.1 Å². The summed E-state index contributed by atoms with van der Waals surface area (Å²) in [6, 6.07) is 11.0. The molecule has 0 saturated heterocycles. The van der Waals surface area contributed by atoms with Crippen molar-refractivity contribution in [3.8, 4) is 17.3 Å². The van der Waals surface area contributed by atoms with Gasteiger partial charge in [-0.2, -0.15) is 0 Å². The molecule has 4 rings (SSSR count). The van der Waals surface area contributed by atoms with Gasteiger partial charge in [-0.15, -0.1) is 0 Å². The summed E-state index contributed by atoms with van der Waals surface area (Å²) in [4.78, 5) is 13.2. The highest BCUT2D eigenvalue weighted by atomic mass is 35.5. The summed E-state index contributed by atoms with van der Waals surface area (Å²) < 4.78 is 7.36. The number of halogens is 1. The van der Waals surface area contributed by atoms with E-state index in [4.69, 9.17) is 16.0 Å². The van der Waals surface area contributed by atoms with Crippen LogP contribution in [0.4, 0.5) is 0 Å². The highest BCUT2D eigenvalue weighted by Crippen LogP contribution is 2.28. The molecule has 0 aliphatic carbocycles. The van der Waals surface area contributed by atoms with Crippen molar-refractivity contribution < 1.29 is 4.42 Å². The van der Waals surface area contributed by atoms with Crippen LogP contribution in [0.3, 0.4) is 0 Å². The van der Waals surface area contributed by atoms with Gasteiger partial charge in [-0.3, -0.25) is 4.98 Å². The van der Waals surface area contributed by atoms with Crippen LogP contribution in [0.15, 0.2) is 59.4 Å². The minimum Gasteiger partial charge on any atom is -0.428 e. The molecule has 4 heterocycles. The summed E-state index contributed by atoms with van der Waals surface area (Å²) in [5, 5.41) is 0.319. The molecule has 5 nitrogen and oxygen atoms in total. The van der Waals surface area contributed by atoms with Crippen LogP contribution in [0.1, 0.15) is 0 Å². The number of hydrogen-bond acceptors (Lipinski definition) is 4. The van der Waals surface area contributed by atoms with Crippen LogP contribution < -0.4 is 0 Å². The predicted octanol–water partition coefficient (Wildman–Crippen LogP) is 3.73. The van der Waals surface area contributed by atoms with Gasteiger partial charge in [-0.25, -0.2) is 14.5 Å². The predicted molar refractivity (Wildman–Crippen MR) is 79.4 cm³/mol.